The van der Waals surface area contributed by atoms with Crippen LogP contribution in [-0.4, -0.2) is 69.8 Å². The second-order valence-corrected chi connectivity index (χ2v) is 7.67. The Hall–Kier alpha value is -2.16. The van der Waals surface area contributed by atoms with E-state index < -0.39 is 0 Å². The lowest BCUT2D eigenvalue weighted by atomic mass is 10.0. The highest BCUT2D eigenvalue weighted by atomic mass is 32.1. The van der Waals surface area contributed by atoms with Crippen LogP contribution >= 0.6 is 11.3 Å². The van der Waals surface area contributed by atoms with Crippen molar-refractivity contribution in [2.45, 2.75) is 13.0 Å². The Bertz CT molecular complexity index is 914. The number of ether oxygens (including phenoxy) is 1. The molecule has 0 saturated carbocycles. The number of benzene rings is 1. The van der Waals surface area contributed by atoms with Gasteiger partial charge in [0.15, 0.2) is 0 Å². The average molecular weight is 373 g/mol. The second-order valence-electron chi connectivity index (χ2n) is 6.66. The first kappa shape index (κ1) is 17.3. The third-order valence-corrected chi connectivity index (χ3v) is 5.94. The first-order valence-corrected chi connectivity index (χ1v) is 9.50. The van der Waals surface area contributed by atoms with Crippen LogP contribution in [0.1, 0.15) is 22.3 Å². The number of aromatic hydroxyl groups is 1. The summed E-state index contributed by atoms with van der Waals surface area (Å²) < 4.78 is 6.96. The molecule has 1 aliphatic rings. The first-order chi connectivity index (χ1) is 12.6. The van der Waals surface area contributed by atoms with E-state index in [0.29, 0.717) is 5.82 Å². The van der Waals surface area contributed by atoms with Crippen molar-refractivity contribution < 1.29 is 9.84 Å². The Balaban J connectivity index is 1.80. The molecule has 4 rings (SSSR count). The highest BCUT2D eigenvalue weighted by Gasteiger charge is 2.31. The highest BCUT2D eigenvalue weighted by molar-refractivity contribution is 7.17. The van der Waals surface area contributed by atoms with E-state index in [1.807, 2.05) is 25.1 Å². The Morgan fingerprint density at radius 2 is 2.00 bits per heavy atom. The maximum absolute atomic E-state index is 10.8. The van der Waals surface area contributed by atoms with E-state index in [9.17, 15) is 5.11 Å². The average Bonchev–Trinajstić information content (AvgIpc) is 3.15. The molecule has 1 fully saturated rings. The number of aromatic nitrogens is 3. The van der Waals surface area contributed by atoms with Crippen LogP contribution in [0.5, 0.6) is 11.6 Å². The van der Waals surface area contributed by atoms with Crippen LogP contribution in [0.2, 0.25) is 0 Å². The molecule has 7 nitrogen and oxygen atoms in total. The molecule has 1 saturated heterocycles. The fourth-order valence-electron chi connectivity index (χ4n) is 3.45. The van der Waals surface area contributed by atoms with Crippen molar-refractivity contribution in [2.24, 2.45) is 0 Å². The summed E-state index contributed by atoms with van der Waals surface area (Å²) >= 11 is 1.50. The summed E-state index contributed by atoms with van der Waals surface area (Å²) in [5, 5.41) is 15.2. The number of thiazole rings is 1. The van der Waals surface area contributed by atoms with Gasteiger partial charge in [0, 0.05) is 26.2 Å². The molecule has 3 aromatic rings. The topological polar surface area (TPSA) is 66.1 Å². The zero-order valence-corrected chi connectivity index (χ0v) is 16.0. The minimum Gasteiger partial charge on any atom is -0.497 e. The van der Waals surface area contributed by atoms with Gasteiger partial charge in [-0.25, -0.2) is 4.98 Å². The Kier molecular flexibility index (Phi) is 4.56. The molecule has 138 valence electrons. The summed E-state index contributed by atoms with van der Waals surface area (Å²) in [5.41, 5.74) is 1.10. The number of hydrogen-bond acceptors (Lipinski definition) is 7. The van der Waals surface area contributed by atoms with E-state index in [1.165, 1.54) is 11.3 Å². The number of piperazine rings is 1. The third kappa shape index (κ3) is 3.04. The molecule has 0 bridgehead atoms. The number of hydrogen-bond donors (Lipinski definition) is 1. The fraction of sp³-hybridized carbons (Fsp3) is 0.444. The van der Waals surface area contributed by atoms with Gasteiger partial charge in [-0.05, 0) is 31.7 Å². The van der Waals surface area contributed by atoms with E-state index in [-0.39, 0.29) is 11.9 Å². The quantitative estimate of drug-likeness (QED) is 0.756. The lowest BCUT2D eigenvalue weighted by Crippen LogP contribution is -2.46. The number of aryl methyl sites for hydroxylation is 1. The molecule has 26 heavy (non-hydrogen) atoms. The van der Waals surface area contributed by atoms with Gasteiger partial charge in [-0.15, -0.1) is 5.10 Å². The standard InChI is InChI=1S/C18H23N5O2S/c1-12-19-18-23(20-12)17(24)16(26-18)15(22-9-7-21(2)8-10-22)13-5-4-6-14(11-13)25-3/h4-6,11,15,24H,7-10H2,1-3H3/t15-/m0/s1. The van der Waals surface area contributed by atoms with Gasteiger partial charge in [-0.1, -0.05) is 23.5 Å². The predicted molar refractivity (Wildman–Crippen MR) is 101 cm³/mol. The molecule has 0 spiro atoms. The van der Waals surface area contributed by atoms with Gasteiger partial charge in [-0.2, -0.15) is 4.52 Å². The molecule has 2 aromatic heterocycles. The van der Waals surface area contributed by atoms with Crippen LogP contribution in [0.3, 0.4) is 0 Å². The summed E-state index contributed by atoms with van der Waals surface area (Å²) in [6, 6.07) is 8.02. The van der Waals surface area contributed by atoms with Crippen molar-refractivity contribution in [3.63, 3.8) is 0 Å². The van der Waals surface area contributed by atoms with Gasteiger partial charge in [0.25, 0.3) is 0 Å². The second kappa shape index (κ2) is 6.86. The van der Waals surface area contributed by atoms with Crippen molar-refractivity contribution in [1.29, 1.82) is 0 Å². The number of nitrogens with zero attached hydrogens (tertiary/aromatic N) is 5. The van der Waals surface area contributed by atoms with Gasteiger partial charge < -0.3 is 14.7 Å². The lowest BCUT2D eigenvalue weighted by molar-refractivity contribution is 0.127. The van der Waals surface area contributed by atoms with Crippen LogP contribution in [0.15, 0.2) is 24.3 Å². The lowest BCUT2D eigenvalue weighted by Gasteiger charge is -2.37. The van der Waals surface area contributed by atoms with Gasteiger partial charge in [-0.3, -0.25) is 4.90 Å². The van der Waals surface area contributed by atoms with Crippen LogP contribution in [0.4, 0.5) is 0 Å². The van der Waals surface area contributed by atoms with Crippen molar-refractivity contribution >= 4 is 16.3 Å². The third-order valence-electron chi connectivity index (χ3n) is 4.87. The van der Waals surface area contributed by atoms with Crippen LogP contribution in [0, 0.1) is 6.92 Å². The molecule has 8 heteroatoms. The van der Waals surface area contributed by atoms with Crippen LogP contribution < -0.4 is 4.74 Å². The maximum Gasteiger partial charge on any atom is 0.230 e. The van der Waals surface area contributed by atoms with E-state index in [1.54, 1.807) is 11.6 Å². The molecular formula is C18H23N5O2S. The summed E-state index contributed by atoms with van der Waals surface area (Å²) in [4.78, 5) is 10.7. The molecule has 3 heterocycles. The van der Waals surface area contributed by atoms with Gasteiger partial charge in [0.05, 0.1) is 18.0 Å². The predicted octanol–water partition coefficient (Wildman–Crippen LogP) is 2.15. The smallest absolute Gasteiger partial charge is 0.230 e. The van der Waals surface area contributed by atoms with Gasteiger partial charge in [0.1, 0.15) is 11.6 Å². The summed E-state index contributed by atoms with van der Waals surface area (Å²) in [6.45, 7) is 5.70. The highest BCUT2D eigenvalue weighted by Crippen LogP contribution is 2.40. The van der Waals surface area contributed by atoms with E-state index in [2.05, 4.69) is 33.0 Å². The van der Waals surface area contributed by atoms with Crippen molar-refractivity contribution in [2.75, 3.05) is 40.3 Å². The number of fused-ring (bicyclic) bond motifs is 1. The number of methoxy groups -OCH3 is 1. The van der Waals surface area contributed by atoms with E-state index in [0.717, 1.165) is 47.3 Å². The minimum absolute atomic E-state index is 0.0485. The molecule has 1 N–H and O–H groups in total. The summed E-state index contributed by atoms with van der Waals surface area (Å²) in [7, 11) is 3.81. The summed E-state index contributed by atoms with van der Waals surface area (Å²) in [6.07, 6.45) is 0. The largest absolute Gasteiger partial charge is 0.497 e. The SMILES string of the molecule is COc1cccc([C@@H](c2sc3nc(C)nn3c2O)N2CCN(C)CC2)c1. The number of likely N-dealkylation sites (N-methyl/N-ethyl adjacent to an activating group) is 1. The molecule has 0 aliphatic carbocycles. The van der Waals surface area contributed by atoms with Crippen LogP contribution in [-0.2, 0) is 0 Å². The van der Waals surface area contributed by atoms with E-state index >= 15 is 0 Å². The number of rotatable bonds is 4. The molecule has 1 atom stereocenters. The minimum atomic E-state index is -0.0485. The first-order valence-electron chi connectivity index (χ1n) is 8.68. The van der Waals surface area contributed by atoms with Gasteiger partial charge in [0.2, 0.25) is 10.8 Å². The molecule has 0 unspecified atom stereocenters. The molecule has 1 aromatic carbocycles. The Morgan fingerprint density at radius 3 is 2.69 bits per heavy atom. The van der Waals surface area contributed by atoms with Crippen LogP contribution in [0.25, 0.3) is 4.96 Å². The molecule has 1 aliphatic heterocycles. The summed E-state index contributed by atoms with van der Waals surface area (Å²) in [5.74, 6) is 1.66. The van der Waals surface area contributed by atoms with Crippen molar-refractivity contribution in [3.05, 3.63) is 40.5 Å². The zero-order valence-electron chi connectivity index (χ0n) is 15.2. The van der Waals surface area contributed by atoms with E-state index in [4.69, 9.17) is 4.74 Å². The fourth-order valence-corrected chi connectivity index (χ4v) is 4.61. The maximum atomic E-state index is 10.8. The van der Waals surface area contributed by atoms with Gasteiger partial charge >= 0.3 is 0 Å². The Labute approximate surface area is 156 Å². The zero-order chi connectivity index (χ0) is 18.3. The molecular weight excluding hydrogens is 350 g/mol. The van der Waals surface area contributed by atoms with Crippen molar-refractivity contribution in [3.8, 4) is 11.6 Å². The Morgan fingerprint density at radius 1 is 1.23 bits per heavy atom. The van der Waals surface area contributed by atoms with Crippen molar-refractivity contribution in [1.82, 2.24) is 24.4 Å². The molecule has 0 radical (unpaired) electrons. The monoisotopic (exact) mass is 373 g/mol. The molecule has 0 amide bonds. The normalized spacial score (nSPS) is 17.7.